The molecule has 1 aliphatic heterocycles. The van der Waals surface area contributed by atoms with E-state index < -0.39 is 20.2 Å². The van der Waals surface area contributed by atoms with Crippen molar-refractivity contribution >= 4 is 31.4 Å². The molecule has 5 N–H and O–H groups in total. The molecule has 180 valence electrons. The number of rotatable bonds is 6. The number of imidazole rings is 1. The number of carboxylic acid groups (broad SMARTS) is 1. The van der Waals surface area contributed by atoms with E-state index in [1.165, 1.54) is 0 Å². The molecule has 2 heterocycles. The summed E-state index contributed by atoms with van der Waals surface area (Å²) in [6.07, 6.45) is 2.57. The van der Waals surface area contributed by atoms with Gasteiger partial charge in [0.05, 0.1) is 17.4 Å². The van der Waals surface area contributed by atoms with Crippen molar-refractivity contribution in [1.29, 1.82) is 0 Å². The second-order valence-corrected chi connectivity index (χ2v) is 15.6. The Labute approximate surface area is 195 Å². The number of nitrogens with zero attached hydrogens (tertiary/aromatic N) is 2. The Morgan fingerprint density at radius 3 is 2.82 bits per heavy atom. The Morgan fingerprint density at radius 1 is 1.36 bits per heavy atom. The highest BCUT2D eigenvalue weighted by molar-refractivity contribution is 6.76. The predicted molar refractivity (Wildman–Crippen MR) is 132 cm³/mol. The van der Waals surface area contributed by atoms with Crippen LogP contribution in [0.3, 0.4) is 0 Å². The van der Waals surface area contributed by atoms with Crippen LogP contribution in [0.15, 0.2) is 24.4 Å². The number of aromatic nitrogens is 2. The zero-order valence-corrected chi connectivity index (χ0v) is 20.9. The van der Waals surface area contributed by atoms with Crippen LogP contribution in [0, 0.1) is 5.92 Å². The zero-order chi connectivity index (χ0) is 24.2. The van der Waals surface area contributed by atoms with E-state index in [1.807, 2.05) is 23.8 Å². The van der Waals surface area contributed by atoms with E-state index in [2.05, 4.69) is 30.3 Å². The van der Waals surface area contributed by atoms with E-state index in [0.29, 0.717) is 48.8 Å². The molecule has 1 aromatic carbocycles. The number of anilines is 2. The molecule has 0 aliphatic carbocycles. The summed E-state index contributed by atoms with van der Waals surface area (Å²) in [6, 6.07) is 5.83. The largest absolute Gasteiger partial charge is 0.465 e. The molecule has 1 aromatic heterocycles. The number of benzene rings is 1. The van der Waals surface area contributed by atoms with Gasteiger partial charge in [0, 0.05) is 38.0 Å². The van der Waals surface area contributed by atoms with Crippen LogP contribution >= 0.6 is 0 Å². The van der Waals surface area contributed by atoms with Crippen LogP contribution in [0.25, 0.3) is 11.3 Å². The lowest BCUT2D eigenvalue weighted by Crippen LogP contribution is -2.30. The zero-order valence-electron chi connectivity index (χ0n) is 19.9. The molecule has 2 amide bonds. The lowest BCUT2D eigenvalue weighted by atomic mass is 9.99. The molecule has 33 heavy (non-hydrogen) atoms. The van der Waals surface area contributed by atoms with Gasteiger partial charge in [-0.15, -0.1) is 0 Å². The number of amides is 2. The normalized spacial score (nSPS) is 19.1. The molecule has 0 spiro atoms. The third-order valence-corrected chi connectivity index (χ3v) is 7.50. The number of fused-ring (bicyclic) bond motifs is 4. The van der Waals surface area contributed by atoms with Gasteiger partial charge < -0.3 is 30.8 Å². The molecule has 2 aromatic rings. The first kappa shape index (κ1) is 24.8. The molecule has 0 saturated carbocycles. The van der Waals surface area contributed by atoms with Crippen molar-refractivity contribution in [2.24, 2.45) is 5.92 Å². The Kier molecular flexibility index (Phi) is 7.80. The second kappa shape index (κ2) is 10.4. The fourth-order valence-electron chi connectivity index (χ4n) is 3.80. The maximum atomic E-state index is 12.7. The summed E-state index contributed by atoms with van der Waals surface area (Å²) >= 11 is 0. The van der Waals surface area contributed by atoms with Crippen molar-refractivity contribution in [2.45, 2.75) is 64.6 Å². The van der Waals surface area contributed by atoms with Gasteiger partial charge in [-0.2, -0.15) is 0 Å². The number of ether oxygens (including phenoxy) is 1. The van der Waals surface area contributed by atoms with Gasteiger partial charge in [-0.25, -0.2) is 9.78 Å². The molecule has 10 heteroatoms. The summed E-state index contributed by atoms with van der Waals surface area (Å²) in [5, 5.41) is 15.0. The molecule has 3 rings (SSSR count). The first-order chi connectivity index (χ1) is 15.5. The standard InChI is InChI=1S/C23H35N5O4Si/c1-15-6-5-7-18(27-23(30)31)21-25-20(13-28(21)14-32-10-11-33(2,3)4)17-9-8-16(24)12-19(17)26-22(15)29/h8-9,12-13,15,18,27H,5-7,10-11,14,24H2,1-4H3,(H,26,29)(H,30,31)/t15-,18+/m1/s1. The average molecular weight is 474 g/mol. The van der Waals surface area contributed by atoms with Crippen LogP contribution in [-0.2, 0) is 16.3 Å². The highest BCUT2D eigenvalue weighted by atomic mass is 28.3. The molecule has 2 bridgehead atoms. The van der Waals surface area contributed by atoms with Crippen LogP contribution in [0.4, 0.5) is 16.2 Å². The molecular formula is C23H35N5O4Si. The number of hydrogen-bond acceptors (Lipinski definition) is 5. The van der Waals surface area contributed by atoms with Crippen molar-refractivity contribution in [3.8, 4) is 11.3 Å². The Hall–Kier alpha value is -2.85. The topological polar surface area (TPSA) is 132 Å². The summed E-state index contributed by atoms with van der Waals surface area (Å²) in [7, 11) is -1.23. The minimum absolute atomic E-state index is 0.0977. The first-order valence-electron chi connectivity index (χ1n) is 11.4. The van der Waals surface area contributed by atoms with Gasteiger partial charge in [0.1, 0.15) is 12.6 Å². The molecule has 0 fully saturated rings. The Bertz CT molecular complexity index is 1000. The summed E-state index contributed by atoms with van der Waals surface area (Å²) in [5.41, 5.74) is 8.46. The molecule has 0 unspecified atom stereocenters. The first-order valence-corrected chi connectivity index (χ1v) is 15.1. The fraction of sp³-hybridized carbons (Fsp3) is 0.522. The van der Waals surface area contributed by atoms with Gasteiger partial charge in [0.25, 0.3) is 0 Å². The van der Waals surface area contributed by atoms with Crippen molar-refractivity contribution in [3.63, 3.8) is 0 Å². The summed E-state index contributed by atoms with van der Waals surface area (Å²) < 4.78 is 7.82. The molecule has 1 aliphatic rings. The molecule has 0 radical (unpaired) electrons. The molecule has 2 atom stereocenters. The molecule has 9 nitrogen and oxygen atoms in total. The number of nitrogen functional groups attached to an aromatic ring is 1. The van der Waals surface area contributed by atoms with Gasteiger partial charge >= 0.3 is 6.09 Å². The van der Waals surface area contributed by atoms with E-state index in [1.54, 1.807) is 12.1 Å². The van der Waals surface area contributed by atoms with Crippen LogP contribution in [0.1, 0.15) is 38.1 Å². The SMILES string of the molecule is C[C@@H]1CCC[C@H](NC(=O)O)c2nc(cn2COCC[Si](C)(C)C)-c2ccc(N)cc2NC1=O. The van der Waals surface area contributed by atoms with E-state index in [0.717, 1.165) is 11.6 Å². The van der Waals surface area contributed by atoms with Gasteiger partial charge in [0.15, 0.2) is 0 Å². The minimum Gasteiger partial charge on any atom is -0.465 e. The van der Waals surface area contributed by atoms with E-state index in [9.17, 15) is 14.7 Å². The lowest BCUT2D eigenvalue weighted by molar-refractivity contribution is -0.119. The minimum atomic E-state index is -1.23. The van der Waals surface area contributed by atoms with Crippen molar-refractivity contribution < 1.29 is 19.4 Å². The number of carbonyl (C=O) groups is 2. The van der Waals surface area contributed by atoms with Crippen molar-refractivity contribution in [2.75, 3.05) is 17.7 Å². The van der Waals surface area contributed by atoms with E-state index >= 15 is 0 Å². The van der Waals surface area contributed by atoms with Crippen LogP contribution in [0.2, 0.25) is 25.7 Å². The van der Waals surface area contributed by atoms with Crippen LogP contribution in [-0.4, -0.2) is 41.3 Å². The predicted octanol–water partition coefficient (Wildman–Crippen LogP) is 4.51. The molecule has 0 saturated heterocycles. The smallest absolute Gasteiger partial charge is 0.405 e. The fourth-order valence-corrected chi connectivity index (χ4v) is 4.56. The number of hydrogen-bond donors (Lipinski definition) is 4. The quantitative estimate of drug-likeness (QED) is 0.277. The van der Waals surface area contributed by atoms with Gasteiger partial charge in [0.2, 0.25) is 5.91 Å². The highest BCUT2D eigenvalue weighted by Gasteiger charge is 2.25. The van der Waals surface area contributed by atoms with Crippen molar-refractivity contribution in [3.05, 3.63) is 30.2 Å². The maximum Gasteiger partial charge on any atom is 0.405 e. The van der Waals surface area contributed by atoms with Gasteiger partial charge in [-0.05, 0) is 37.1 Å². The van der Waals surface area contributed by atoms with E-state index in [4.69, 9.17) is 15.5 Å². The lowest BCUT2D eigenvalue weighted by Gasteiger charge is -2.20. The molecular weight excluding hydrogens is 438 g/mol. The third kappa shape index (κ3) is 6.81. The van der Waals surface area contributed by atoms with Crippen LogP contribution < -0.4 is 16.4 Å². The second-order valence-electron chi connectivity index (χ2n) is 9.93. The summed E-state index contributed by atoms with van der Waals surface area (Å²) in [4.78, 5) is 29.1. The van der Waals surface area contributed by atoms with E-state index in [-0.39, 0.29) is 18.6 Å². The van der Waals surface area contributed by atoms with Gasteiger partial charge in [-0.1, -0.05) is 33.0 Å². The third-order valence-electron chi connectivity index (χ3n) is 5.80. The number of nitrogens with two attached hydrogens (primary N) is 1. The highest BCUT2D eigenvalue weighted by Crippen LogP contribution is 2.33. The Morgan fingerprint density at radius 2 is 2.12 bits per heavy atom. The summed E-state index contributed by atoms with van der Waals surface area (Å²) in [6.45, 7) is 9.67. The number of carbonyl (C=O) groups excluding carboxylic acids is 1. The van der Waals surface area contributed by atoms with Crippen LogP contribution in [0.5, 0.6) is 0 Å². The monoisotopic (exact) mass is 473 g/mol. The average Bonchev–Trinajstić information content (AvgIpc) is 3.12. The Balaban J connectivity index is 2.01. The maximum absolute atomic E-state index is 12.7. The van der Waals surface area contributed by atoms with Gasteiger partial charge in [-0.3, -0.25) is 4.79 Å². The van der Waals surface area contributed by atoms with Crippen molar-refractivity contribution in [1.82, 2.24) is 14.9 Å². The summed E-state index contributed by atoms with van der Waals surface area (Å²) in [5.74, 6) is 0.279. The number of nitrogens with one attached hydrogen (secondary N) is 2.